The quantitative estimate of drug-likeness (QED) is 0.270. The van der Waals surface area contributed by atoms with Crippen molar-refractivity contribution in [2.24, 2.45) is 5.10 Å². The maximum absolute atomic E-state index is 13.2. The van der Waals surface area contributed by atoms with E-state index in [1.54, 1.807) is 78.9 Å². The average molecular weight is 470 g/mol. The van der Waals surface area contributed by atoms with Gasteiger partial charge in [0, 0.05) is 10.9 Å². The number of hydrazone groups is 1. The van der Waals surface area contributed by atoms with E-state index in [1.165, 1.54) is 6.21 Å². The molecule has 0 aliphatic rings. The van der Waals surface area contributed by atoms with Crippen molar-refractivity contribution in [3.8, 4) is 5.75 Å². The van der Waals surface area contributed by atoms with E-state index in [0.717, 1.165) is 11.3 Å². The number of hydrogen-bond donors (Lipinski definition) is 3. The van der Waals surface area contributed by atoms with E-state index >= 15 is 0 Å². The van der Waals surface area contributed by atoms with Gasteiger partial charge in [0.25, 0.3) is 17.4 Å². The smallest absolute Gasteiger partial charge is 0.272 e. The Morgan fingerprint density at radius 2 is 1.69 bits per heavy atom. The predicted molar refractivity (Wildman–Crippen MR) is 132 cm³/mol. The van der Waals surface area contributed by atoms with Crippen LogP contribution in [0.2, 0.25) is 0 Å². The van der Waals surface area contributed by atoms with Crippen LogP contribution < -0.4 is 21.0 Å². The highest BCUT2D eigenvalue weighted by atomic mass is 16.5. The molecule has 0 saturated heterocycles. The van der Waals surface area contributed by atoms with Crippen LogP contribution >= 0.6 is 0 Å². The first-order valence-corrected chi connectivity index (χ1v) is 11.0. The van der Waals surface area contributed by atoms with Gasteiger partial charge in [0.2, 0.25) is 0 Å². The Morgan fingerprint density at radius 1 is 1.00 bits per heavy atom. The third-order valence-electron chi connectivity index (χ3n) is 5.15. The van der Waals surface area contributed by atoms with Crippen molar-refractivity contribution in [3.05, 3.63) is 106 Å². The molecule has 0 saturated carbocycles. The molecule has 1 heterocycles. The standard InChI is InChI=1S/C26H23N5O4/c1-2-35-19-14-12-17(13-15-19)16-27-30-26(34)23(28-24(32)18-8-4-3-5-9-18)22-20-10-6-7-11-21(20)25(33)31-29-22/h3-16,23H,2H2,1H3,(H,28,32)(H,30,34)(H,31,33). The maximum atomic E-state index is 13.2. The molecule has 0 aliphatic carbocycles. The summed E-state index contributed by atoms with van der Waals surface area (Å²) < 4.78 is 5.41. The van der Waals surface area contributed by atoms with E-state index in [2.05, 4.69) is 26.0 Å². The van der Waals surface area contributed by atoms with Gasteiger partial charge in [0.1, 0.15) is 11.4 Å². The van der Waals surface area contributed by atoms with Gasteiger partial charge < -0.3 is 10.1 Å². The van der Waals surface area contributed by atoms with E-state index in [4.69, 9.17) is 4.74 Å². The van der Waals surface area contributed by atoms with Crippen LogP contribution in [-0.2, 0) is 4.79 Å². The molecule has 4 rings (SSSR count). The number of aromatic amines is 1. The van der Waals surface area contributed by atoms with Crippen LogP contribution in [0.4, 0.5) is 0 Å². The lowest BCUT2D eigenvalue weighted by Crippen LogP contribution is -2.40. The molecule has 3 aromatic carbocycles. The van der Waals surface area contributed by atoms with Crippen molar-refractivity contribution in [1.29, 1.82) is 0 Å². The number of benzene rings is 3. The zero-order chi connectivity index (χ0) is 24.6. The number of carbonyl (C=O) groups excluding carboxylic acids is 2. The summed E-state index contributed by atoms with van der Waals surface area (Å²) in [6.07, 6.45) is 1.47. The summed E-state index contributed by atoms with van der Waals surface area (Å²) in [5, 5.41) is 14.0. The molecule has 1 aromatic heterocycles. The fraction of sp³-hybridized carbons (Fsp3) is 0.115. The molecule has 9 heteroatoms. The van der Waals surface area contributed by atoms with Crippen LogP contribution in [0.1, 0.15) is 34.6 Å². The number of ether oxygens (including phenoxy) is 1. The number of hydrogen-bond acceptors (Lipinski definition) is 6. The van der Waals surface area contributed by atoms with Crippen molar-refractivity contribution < 1.29 is 14.3 Å². The Labute approximate surface area is 200 Å². The third-order valence-corrected chi connectivity index (χ3v) is 5.15. The van der Waals surface area contributed by atoms with E-state index in [1.807, 2.05) is 6.92 Å². The maximum Gasteiger partial charge on any atom is 0.272 e. The van der Waals surface area contributed by atoms with Crippen molar-refractivity contribution in [1.82, 2.24) is 20.9 Å². The van der Waals surface area contributed by atoms with Crippen LogP contribution in [0.15, 0.2) is 88.8 Å². The lowest BCUT2D eigenvalue weighted by molar-refractivity contribution is -0.123. The van der Waals surface area contributed by atoms with Gasteiger partial charge in [0.05, 0.1) is 18.2 Å². The number of H-pyrrole nitrogens is 1. The summed E-state index contributed by atoms with van der Waals surface area (Å²) in [6.45, 7) is 2.46. The number of nitrogens with one attached hydrogen (secondary N) is 3. The molecule has 0 radical (unpaired) electrons. The largest absolute Gasteiger partial charge is 0.494 e. The Morgan fingerprint density at radius 3 is 2.40 bits per heavy atom. The van der Waals surface area contributed by atoms with E-state index in [0.29, 0.717) is 22.9 Å². The van der Waals surface area contributed by atoms with Crippen LogP contribution in [-0.4, -0.2) is 34.8 Å². The van der Waals surface area contributed by atoms with Crippen molar-refractivity contribution in [2.75, 3.05) is 6.61 Å². The molecule has 0 spiro atoms. The minimum absolute atomic E-state index is 0.193. The molecule has 1 atom stereocenters. The SMILES string of the molecule is CCOc1ccc(C=NNC(=O)C(NC(=O)c2ccccc2)c2n[nH]c(=O)c3ccccc23)cc1. The number of amides is 2. The Bertz CT molecular complexity index is 1420. The minimum Gasteiger partial charge on any atom is -0.494 e. The minimum atomic E-state index is -1.22. The van der Waals surface area contributed by atoms with Gasteiger partial charge in [-0.3, -0.25) is 14.4 Å². The van der Waals surface area contributed by atoms with Crippen molar-refractivity contribution >= 4 is 28.8 Å². The molecule has 2 amide bonds. The number of rotatable bonds is 8. The van der Waals surface area contributed by atoms with Gasteiger partial charge in [-0.05, 0) is 55.0 Å². The van der Waals surface area contributed by atoms with E-state index in [-0.39, 0.29) is 5.69 Å². The second-order valence-corrected chi connectivity index (χ2v) is 7.49. The van der Waals surface area contributed by atoms with Gasteiger partial charge in [-0.2, -0.15) is 10.2 Å². The van der Waals surface area contributed by atoms with Crippen LogP contribution in [0.5, 0.6) is 5.75 Å². The highest BCUT2D eigenvalue weighted by Crippen LogP contribution is 2.20. The first-order chi connectivity index (χ1) is 17.1. The molecule has 176 valence electrons. The first-order valence-electron chi connectivity index (χ1n) is 11.0. The molecule has 9 nitrogen and oxygen atoms in total. The molecule has 4 aromatic rings. The molecular formula is C26H23N5O4. The number of fused-ring (bicyclic) bond motifs is 1. The Hall–Kier alpha value is -4.79. The van der Waals surface area contributed by atoms with Gasteiger partial charge in [-0.25, -0.2) is 10.5 Å². The summed E-state index contributed by atoms with van der Waals surface area (Å²) >= 11 is 0. The van der Waals surface area contributed by atoms with E-state index in [9.17, 15) is 14.4 Å². The van der Waals surface area contributed by atoms with Gasteiger partial charge in [-0.1, -0.05) is 36.4 Å². The molecule has 1 unspecified atom stereocenters. The number of carbonyl (C=O) groups is 2. The number of nitrogens with zero attached hydrogens (tertiary/aromatic N) is 2. The van der Waals surface area contributed by atoms with Crippen molar-refractivity contribution in [2.45, 2.75) is 13.0 Å². The van der Waals surface area contributed by atoms with E-state index < -0.39 is 23.4 Å². The molecular weight excluding hydrogens is 446 g/mol. The highest BCUT2D eigenvalue weighted by Gasteiger charge is 2.27. The van der Waals surface area contributed by atoms with Gasteiger partial charge in [0.15, 0.2) is 6.04 Å². The summed E-state index contributed by atoms with van der Waals surface area (Å²) in [5.41, 5.74) is 3.37. The second-order valence-electron chi connectivity index (χ2n) is 7.49. The molecule has 3 N–H and O–H groups in total. The summed E-state index contributed by atoms with van der Waals surface area (Å²) in [5.74, 6) is -0.368. The lowest BCUT2D eigenvalue weighted by Gasteiger charge is -2.18. The van der Waals surface area contributed by atoms with Gasteiger partial charge in [-0.15, -0.1) is 0 Å². The zero-order valence-electron chi connectivity index (χ0n) is 18.9. The molecule has 0 fully saturated rings. The summed E-state index contributed by atoms with van der Waals surface area (Å²) in [4.78, 5) is 38.3. The molecule has 0 bridgehead atoms. The topological polar surface area (TPSA) is 126 Å². The fourth-order valence-corrected chi connectivity index (χ4v) is 3.47. The monoisotopic (exact) mass is 469 g/mol. The van der Waals surface area contributed by atoms with Crippen LogP contribution in [0.25, 0.3) is 10.8 Å². The average Bonchev–Trinajstić information content (AvgIpc) is 2.89. The normalized spacial score (nSPS) is 11.8. The zero-order valence-corrected chi connectivity index (χ0v) is 18.9. The molecule has 35 heavy (non-hydrogen) atoms. The van der Waals surface area contributed by atoms with Crippen LogP contribution in [0, 0.1) is 0 Å². The second kappa shape index (κ2) is 10.9. The lowest BCUT2D eigenvalue weighted by atomic mass is 10.0. The fourth-order valence-electron chi connectivity index (χ4n) is 3.47. The predicted octanol–water partition coefficient (Wildman–Crippen LogP) is 2.94. The first kappa shape index (κ1) is 23.4. The van der Waals surface area contributed by atoms with Crippen molar-refractivity contribution in [3.63, 3.8) is 0 Å². The third kappa shape index (κ3) is 5.59. The number of aromatic nitrogens is 2. The Kier molecular flexibility index (Phi) is 7.27. The summed E-state index contributed by atoms with van der Waals surface area (Å²) in [7, 11) is 0. The van der Waals surface area contributed by atoms with Crippen LogP contribution in [0.3, 0.4) is 0 Å². The highest BCUT2D eigenvalue weighted by molar-refractivity contribution is 5.99. The molecule has 0 aliphatic heterocycles. The van der Waals surface area contributed by atoms with Gasteiger partial charge >= 0.3 is 0 Å². The Balaban J connectivity index is 1.61. The summed E-state index contributed by atoms with van der Waals surface area (Å²) in [6, 6.07) is 21.2.